The highest BCUT2D eigenvalue weighted by atomic mass is 79.9. The van der Waals surface area contributed by atoms with Crippen molar-refractivity contribution in [1.29, 1.82) is 0 Å². The minimum Gasteiger partial charge on any atom is -0.393 e. The molecule has 1 aromatic carbocycles. The summed E-state index contributed by atoms with van der Waals surface area (Å²) in [6, 6.07) is 8.03. The van der Waals surface area contributed by atoms with Crippen molar-refractivity contribution in [3.63, 3.8) is 0 Å². The van der Waals surface area contributed by atoms with Gasteiger partial charge < -0.3 is 5.73 Å². The molecule has 0 spiro atoms. The molecule has 0 unspecified atom stereocenters. The van der Waals surface area contributed by atoms with Gasteiger partial charge in [0, 0.05) is 11.0 Å². The van der Waals surface area contributed by atoms with Gasteiger partial charge in [-0.2, -0.15) is 0 Å². The van der Waals surface area contributed by atoms with Crippen molar-refractivity contribution in [3.05, 3.63) is 50.3 Å². The number of hydrogen-bond donors (Lipinski definition) is 1. The summed E-state index contributed by atoms with van der Waals surface area (Å²) in [5, 5.41) is 0. The molecule has 1 heterocycles. The highest BCUT2D eigenvalue weighted by molar-refractivity contribution is 9.10. The van der Waals surface area contributed by atoms with Crippen LogP contribution in [0, 0.1) is 0 Å². The fraction of sp³-hybridized carbons (Fsp3) is 0.438. The van der Waals surface area contributed by atoms with E-state index in [1.807, 2.05) is 24.3 Å². The predicted molar refractivity (Wildman–Crippen MR) is 90.6 cm³/mol. The normalized spacial score (nSPS) is 11.0. The maximum absolute atomic E-state index is 12.4. The molecule has 0 fully saturated rings. The molecule has 4 nitrogen and oxygen atoms in total. The minimum atomic E-state index is -0.0742. The number of hydrogen-bond acceptors (Lipinski definition) is 2. The van der Waals surface area contributed by atoms with Crippen LogP contribution in [0.1, 0.15) is 37.9 Å². The first-order valence-corrected chi connectivity index (χ1v) is 8.20. The maximum Gasteiger partial charge on any atom is 0.290 e. The van der Waals surface area contributed by atoms with E-state index in [2.05, 4.69) is 34.5 Å². The Morgan fingerprint density at radius 1 is 1.10 bits per heavy atom. The summed E-state index contributed by atoms with van der Waals surface area (Å²) < 4.78 is 4.87. The second kappa shape index (κ2) is 6.98. The van der Waals surface area contributed by atoms with Crippen molar-refractivity contribution >= 4 is 21.6 Å². The maximum atomic E-state index is 12.4. The second-order valence-corrected chi connectivity index (χ2v) is 6.14. The third-order valence-corrected chi connectivity index (χ3v) is 4.08. The van der Waals surface area contributed by atoms with E-state index in [4.69, 9.17) is 5.73 Å². The minimum absolute atomic E-state index is 0.0742. The van der Waals surface area contributed by atoms with Gasteiger partial charge in [-0.1, -0.05) is 48.3 Å². The number of nitrogen functional groups attached to an aromatic ring is 1. The van der Waals surface area contributed by atoms with Crippen LogP contribution in [0.5, 0.6) is 0 Å². The average Bonchev–Trinajstić information content (AvgIpc) is 2.68. The molecule has 0 bridgehead atoms. The summed E-state index contributed by atoms with van der Waals surface area (Å²) in [6.07, 6.45) is 2.80. The molecule has 0 saturated carbocycles. The Balaban J connectivity index is 2.44. The Bertz CT molecular complexity index is 655. The highest BCUT2D eigenvalue weighted by Gasteiger charge is 2.16. The van der Waals surface area contributed by atoms with Gasteiger partial charge in [0.25, 0.3) is 5.56 Å². The van der Waals surface area contributed by atoms with Gasteiger partial charge in [0.1, 0.15) is 5.69 Å². The number of nitrogens with zero attached hydrogens (tertiary/aromatic N) is 2. The van der Waals surface area contributed by atoms with Crippen molar-refractivity contribution in [3.8, 4) is 0 Å². The molecule has 21 heavy (non-hydrogen) atoms. The summed E-state index contributed by atoms with van der Waals surface area (Å²) >= 11 is 3.43. The van der Waals surface area contributed by atoms with Crippen LogP contribution in [0.4, 0.5) is 5.69 Å². The summed E-state index contributed by atoms with van der Waals surface area (Å²) in [5.41, 5.74) is 8.44. The molecule has 114 valence electrons. The van der Waals surface area contributed by atoms with E-state index in [1.165, 1.54) is 0 Å². The Kier molecular flexibility index (Phi) is 5.28. The van der Waals surface area contributed by atoms with E-state index in [-0.39, 0.29) is 5.56 Å². The Morgan fingerprint density at radius 2 is 1.76 bits per heavy atom. The molecular weight excluding hydrogens is 330 g/mol. The van der Waals surface area contributed by atoms with Crippen molar-refractivity contribution < 1.29 is 0 Å². The van der Waals surface area contributed by atoms with E-state index in [0.717, 1.165) is 41.5 Å². The number of aromatic nitrogens is 2. The predicted octanol–water partition coefficient (Wildman–Crippen LogP) is 3.41. The van der Waals surface area contributed by atoms with Gasteiger partial charge in [0.2, 0.25) is 0 Å². The van der Waals surface area contributed by atoms with Gasteiger partial charge in [-0.25, -0.2) is 4.68 Å². The van der Waals surface area contributed by atoms with Crippen LogP contribution >= 0.6 is 15.9 Å². The smallest absolute Gasteiger partial charge is 0.290 e. The molecule has 0 aliphatic rings. The summed E-state index contributed by atoms with van der Waals surface area (Å²) in [7, 11) is 0. The highest BCUT2D eigenvalue weighted by Crippen LogP contribution is 2.15. The SMILES string of the molecule is CCCc1c(N)c(=O)n(Cc2ccc(Br)cc2)n1CCC. The number of nitrogens with two attached hydrogens (primary N) is 1. The van der Waals surface area contributed by atoms with Crippen molar-refractivity contribution in [2.45, 2.75) is 46.2 Å². The molecular formula is C16H22BrN3O. The van der Waals surface area contributed by atoms with Gasteiger partial charge >= 0.3 is 0 Å². The van der Waals surface area contributed by atoms with Crippen LogP contribution in [0.2, 0.25) is 0 Å². The number of halogens is 1. The zero-order valence-corrected chi connectivity index (χ0v) is 14.2. The first kappa shape index (κ1) is 15.9. The molecule has 0 aliphatic heterocycles. The molecule has 0 atom stereocenters. The Morgan fingerprint density at radius 3 is 2.33 bits per heavy atom. The van der Waals surface area contributed by atoms with Crippen LogP contribution in [-0.4, -0.2) is 9.36 Å². The van der Waals surface area contributed by atoms with Crippen LogP contribution in [0.3, 0.4) is 0 Å². The van der Waals surface area contributed by atoms with E-state index in [1.54, 1.807) is 4.68 Å². The van der Waals surface area contributed by atoms with E-state index in [0.29, 0.717) is 12.2 Å². The fourth-order valence-electron chi connectivity index (χ4n) is 2.54. The number of rotatable bonds is 6. The Labute approximate surface area is 133 Å². The number of anilines is 1. The number of benzene rings is 1. The molecule has 5 heteroatoms. The van der Waals surface area contributed by atoms with Gasteiger partial charge in [-0.3, -0.25) is 9.48 Å². The van der Waals surface area contributed by atoms with Gasteiger partial charge in [0.05, 0.1) is 12.2 Å². The molecule has 0 aliphatic carbocycles. The monoisotopic (exact) mass is 351 g/mol. The molecule has 1 aromatic heterocycles. The third kappa shape index (κ3) is 3.40. The van der Waals surface area contributed by atoms with E-state index in [9.17, 15) is 4.79 Å². The molecule has 0 saturated heterocycles. The van der Waals surface area contributed by atoms with Crippen molar-refractivity contribution in [2.75, 3.05) is 5.73 Å². The first-order valence-electron chi connectivity index (χ1n) is 7.40. The zero-order chi connectivity index (χ0) is 15.4. The lowest BCUT2D eigenvalue weighted by Crippen LogP contribution is -2.25. The lowest BCUT2D eigenvalue weighted by atomic mass is 10.2. The molecule has 2 aromatic rings. The summed E-state index contributed by atoms with van der Waals surface area (Å²) in [5.74, 6) is 0. The van der Waals surface area contributed by atoms with E-state index < -0.39 is 0 Å². The van der Waals surface area contributed by atoms with Crippen LogP contribution < -0.4 is 11.3 Å². The van der Waals surface area contributed by atoms with Crippen LogP contribution in [0.15, 0.2) is 33.5 Å². The summed E-state index contributed by atoms with van der Waals surface area (Å²) in [6.45, 7) is 5.59. The lowest BCUT2D eigenvalue weighted by molar-refractivity contribution is 0.449. The van der Waals surface area contributed by atoms with Crippen molar-refractivity contribution in [2.24, 2.45) is 0 Å². The van der Waals surface area contributed by atoms with Crippen LogP contribution in [-0.2, 0) is 19.5 Å². The molecule has 0 amide bonds. The van der Waals surface area contributed by atoms with Gasteiger partial charge in [-0.15, -0.1) is 0 Å². The third-order valence-electron chi connectivity index (χ3n) is 3.55. The van der Waals surface area contributed by atoms with Crippen LogP contribution in [0.25, 0.3) is 0 Å². The Hall–Kier alpha value is -1.49. The standard InChI is InChI=1S/C16H22BrN3O/c1-3-5-14-15(18)16(21)20(19(14)10-4-2)11-12-6-8-13(17)9-7-12/h6-9H,3-5,10-11,18H2,1-2H3. The quantitative estimate of drug-likeness (QED) is 0.866. The largest absolute Gasteiger partial charge is 0.393 e. The zero-order valence-electron chi connectivity index (χ0n) is 12.6. The van der Waals surface area contributed by atoms with Gasteiger partial charge in [-0.05, 0) is 30.5 Å². The topological polar surface area (TPSA) is 53.0 Å². The fourth-order valence-corrected chi connectivity index (χ4v) is 2.81. The first-order chi connectivity index (χ1) is 10.1. The van der Waals surface area contributed by atoms with E-state index >= 15 is 0 Å². The molecule has 2 rings (SSSR count). The van der Waals surface area contributed by atoms with Crippen molar-refractivity contribution in [1.82, 2.24) is 9.36 Å². The lowest BCUT2D eigenvalue weighted by Gasteiger charge is -2.14. The second-order valence-electron chi connectivity index (χ2n) is 5.22. The summed E-state index contributed by atoms with van der Waals surface area (Å²) in [4.78, 5) is 12.4. The average molecular weight is 352 g/mol. The molecule has 0 radical (unpaired) electrons. The van der Waals surface area contributed by atoms with Gasteiger partial charge in [0.15, 0.2) is 0 Å². The molecule has 2 N–H and O–H groups in total.